The highest BCUT2D eigenvalue weighted by atomic mass is 19.1. The van der Waals surface area contributed by atoms with Gasteiger partial charge in [-0.2, -0.15) is 0 Å². The lowest BCUT2D eigenvalue weighted by Crippen LogP contribution is -2.48. The minimum absolute atomic E-state index is 0.256. The van der Waals surface area contributed by atoms with Crippen LogP contribution < -0.4 is 10.6 Å². The second-order valence-electron chi connectivity index (χ2n) is 4.97. The first kappa shape index (κ1) is 15.9. The fraction of sp³-hybridized carbons (Fsp3) is 0.400. The van der Waals surface area contributed by atoms with Gasteiger partial charge in [0, 0.05) is 13.0 Å². The zero-order valence-electron chi connectivity index (χ0n) is 12.4. The van der Waals surface area contributed by atoms with Crippen molar-refractivity contribution in [1.82, 2.24) is 10.6 Å². The standard InChI is InChI=1S/C15H18FN3O3/c1-3-17-14(20)9(2)18-15(21)13-8-12(19-22-13)10-4-6-11(16)7-5-10/h4-7,9,13H,3,8H2,1-2H3,(H,17,20)(H,18,21). The number of benzene rings is 1. The second kappa shape index (κ2) is 7.02. The molecule has 0 bridgehead atoms. The number of hydrogen-bond acceptors (Lipinski definition) is 4. The molecule has 22 heavy (non-hydrogen) atoms. The lowest BCUT2D eigenvalue weighted by atomic mass is 10.0. The minimum Gasteiger partial charge on any atom is -0.382 e. The van der Waals surface area contributed by atoms with Gasteiger partial charge in [-0.1, -0.05) is 17.3 Å². The monoisotopic (exact) mass is 307 g/mol. The van der Waals surface area contributed by atoms with Gasteiger partial charge in [-0.3, -0.25) is 9.59 Å². The summed E-state index contributed by atoms with van der Waals surface area (Å²) in [5, 5.41) is 9.06. The van der Waals surface area contributed by atoms with E-state index in [1.165, 1.54) is 12.1 Å². The van der Waals surface area contributed by atoms with E-state index in [0.29, 0.717) is 17.8 Å². The first-order chi connectivity index (χ1) is 10.5. The Labute approximate surface area is 127 Å². The van der Waals surface area contributed by atoms with Crippen molar-refractivity contribution >= 4 is 17.5 Å². The van der Waals surface area contributed by atoms with Gasteiger partial charge in [0.15, 0.2) is 0 Å². The van der Waals surface area contributed by atoms with Crippen LogP contribution in [0.3, 0.4) is 0 Å². The molecule has 2 N–H and O–H groups in total. The van der Waals surface area contributed by atoms with Gasteiger partial charge in [0.1, 0.15) is 11.9 Å². The van der Waals surface area contributed by atoms with E-state index in [0.717, 1.165) is 0 Å². The topological polar surface area (TPSA) is 79.8 Å². The Hall–Kier alpha value is -2.44. The van der Waals surface area contributed by atoms with Crippen LogP contribution in [0.25, 0.3) is 0 Å². The molecule has 2 atom stereocenters. The fourth-order valence-electron chi connectivity index (χ4n) is 2.03. The van der Waals surface area contributed by atoms with Crippen LogP contribution in [-0.2, 0) is 14.4 Å². The van der Waals surface area contributed by atoms with Gasteiger partial charge in [0.25, 0.3) is 5.91 Å². The number of hydrogen-bond donors (Lipinski definition) is 2. The van der Waals surface area contributed by atoms with Crippen molar-refractivity contribution in [2.75, 3.05) is 6.54 Å². The van der Waals surface area contributed by atoms with Gasteiger partial charge >= 0.3 is 0 Å². The van der Waals surface area contributed by atoms with Crippen LogP contribution in [0.5, 0.6) is 0 Å². The molecule has 6 nitrogen and oxygen atoms in total. The van der Waals surface area contributed by atoms with Crippen LogP contribution in [-0.4, -0.2) is 36.2 Å². The van der Waals surface area contributed by atoms with Crippen LogP contribution in [0.2, 0.25) is 0 Å². The summed E-state index contributed by atoms with van der Waals surface area (Å²) in [5.41, 5.74) is 1.28. The molecule has 2 unspecified atom stereocenters. The molecule has 2 rings (SSSR count). The van der Waals surface area contributed by atoms with Crippen LogP contribution >= 0.6 is 0 Å². The van der Waals surface area contributed by atoms with E-state index in [9.17, 15) is 14.0 Å². The predicted molar refractivity (Wildman–Crippen MR) is 78.7 cm³/mol. The van der Waals surface area contributed by atoms with Gasteiger partial charge < -0.3 is 15.5 Å². The Balaban J connectivity index is 1.90. The molecule has 0 saturated carbocycles. The number of likely N-dealkylation sites (N-methyl/N-ethyl adjacent to an activating group) is 1. The van der Waals surface area contributed by atoms with E-state index in [1.807, 2.05) is 0 Å². The quantitative estimate of drug-likeness (QED) is 0.850. The second-order valence-corrected chi connectivity index (χ2v) is 4.97. The van der Waals surface area contributed by atoms with E-state index in [4.69, 9.17) is 4.84 Å². The summed E-state index contributed by atoms with van der Waals surface area (Å²) in [6.45, 7) is 3.89. The van der Waals surface area contributed by atoms with Crippen LogP contribution in [0, 0.1) is 5.82 Å². The molecule has 1 aliphatic rings. The van der Waals surface area contributed by atoms with Gasteiger partial charge in [0.05, 0.1) is 5.71 Å². The van der Waals surface area contributed by atoms with Gasteiger partial charge in [0.2, 0.25) is 12.0 Å². The number of rotatable bonds is 5. The molecular weight excluding hydrogens is 289 g/mol. The molecule has 1 aromatic carbocycles. The Bertz CT molecular complexity index is 586. The number of carbonyl (C=O) groups excluding carboxylic acids is 2. The summed E-state index contributed by atoms with van der Waals surface area (Å²) in [5.74, 6) is -0.999. The smallest absolute Gasteiger partial charge is 0.264 e. The van der Waals surface area contributed by atoms with Crippen LogP contribution in [0.4, 0.5) is 4.39 Å². The SMILES string of the molecule is CCNC(=O)C(C)NC(=O)C1CC(c2ccc(F)cc2)=NO1. The van der Waals surface area contributed by atoms with Crippen LogP contribution in [0.15, 0.2) is 29.4 Å². The first-order valence-electron chi connectivity index (χ1n) is 7.08. The molecule has 7 heteroatoms. The normalized spacial score (nSPS) is 18.1. The summed E-state index contributed by atoms with van der Waals surface area (Å²) in [4.78, 5) is 28.7. The third-order valence-corrected chi connectivity index (χ3v) is 3.24. The molecule has 2 amide bonds. The third-order valence-electron chi connectivity index (χ3n) is 3.24. The zero-order valence-corrected chi connectivity index (χ0v) is 12.4. The van der Waals surface area contributed by atoms with Crippen LogP contribution in [0.1, 0.15) is 25.8 Å². The lowest BCUT2D eigenvalue weighted by Gasteiger charge is -2.15. The Morgan fingerprint density at radius 1 is 1.41 bits per heavy atom. The molecular formula is C15H18FN3O3. The first-order valence-corrected chi connectivity index (χ1v) is 7.08. The Morgan fingerprint density at radius 2 is 2.09 bits per heavy atom. The molecule has 0 aliphatic carbocycles. The average molecular weight is 307 g/mol. The molecule has 0 fully saturated rings. The third kappa shape index (κ3) is 3.81. The van der Waals surface area contributed by atoms with E-state index < -0.39 is 18.1 Å². The summed E-state index contributed by atoms with van der Waals surface area (Å²) in [6.07, 6.45) is -0.503. The molecule has 0 saturated heterocycles. The fourth-order valence-corrected chi connectivity index (χ4v) is 2.03. The molecule has 1 aliphatic heterocycles. The van der Waals surface area contributed by atoms with Gasteiger partial charge in [-0.15, -0.1) is 0 Å². The van der Waals surface area contributed by atoms with Gasteiger partial charge in [-0.05, 0) is 31.5 Å². The van der Waals surface area contributed by atoms with Crippen molar-refractivity contribution in [3.63, 3.8) is 0 Å². The number of nitrogens with one attached hydrogen (secondary N) is 2. The van der Waals surface area contributed by atoms with E-state index >= 15 is 0 Å². The molecule has 0 aromatic heterocycles. The minimum atomic E-state index is -0.781. The summed E-state index contributed by atoms with van der Waals surface area (Å²) < 4.78 is 12.9. The van der Waals surface area contributed by atoms with E-state index in [-0.39, 0.29) is 18.1 Å². The molecule has 0 spiro atoms. The average Bonchev–Trinajstić information content (AvgIpc) is 2.98. The molecule has 1 heterocycles. The van der Waals surface area contributed by atoms with Crippen molar-refractivity contribution in [2.45, 2.75) is 32.4 Å². The highest BCUT2D eigenvalue weighted by Crippen LogP contribution is 2.17. The maximum absolute atomic E-state index is 12.9. The van der Waals surface area contributed by atoms with Crippen molar-refractivity contribution < 1.29 is 18.8 Å². The number of nitrogens with zero attached hydrogens (tertiary/aromatic N) is 1. The molecule has 1 aromatic rings. The lowest BCUT2D eigenvalue weighted by molar-refractivity contribution is -0.135. The van der Waals surface area contributed by atoms with Crippen molar-refractivity contribution in [3.05, 3.63) is 35.6 Å². The summed E-state index contributed by atoms with van der Waals surface area (Å²) >= 11 is 0. The van der Waals surface area contributed by atoms with Gasteiger partial charge in [-0.25, -0.2) is 4.39 Å². The molecule has 118 valence electrons. The highest BCUT2D eigenvalue weighted by Gasteiger charge is 2.30. The number of halogens is 1. The van der Waals surface area contributed by atoms with E-state index in [2.05, 4.69) is 15.8 Å². The highest BCUT2D eigenvalue weighted by molar-refractivity contribution is 6.04. The Kier molecular flexibility index (Phi) is 5.08. The maximum atomic E-state index is 12.9. The van der Waals surface area contributed by atoms with Crippen molar-refractivity contribution in [2.24, 2.45) is 5.16 Å². The summed E-state index contributed by atoms with van der Waals surface area (Å²) in [7, 11) is 0. The number of oxime groups is 1. The predicted octanol–water partition coefficient (Wildman–Crippen LogP) is 0.959. The summed E-state index contributed by atoms with van der Waals surface area (Å²) in [6, 6.07) is 5.15. The number of carbonyl (C=O) groups is 2. The molecule has 0 radical (unpaired) electrons. The number of amides is 2. The Morgan fingerprint density at radius 3 is 2.73 bits per heavy atom. The largest absolute Gasteiger partial charge is 0.382 e. The van der Waals surface area contributed by atoms with Crippen molar-refractivity contribution in [3.8, 4) is 0 Å². The zero-order chi connectivity index (χ0) is 16.1. The van der Waals surface area contributed by atoms with E-state index in [1.54, 1.807) is 26.0 Å². The maximum Gasteiger partial charge on any atom is 0.264 e. The van der Waals surface area contributed by atoms with Crippen molar-refractivity contribution in [1.29, 1.82) is 0 Å².